The molecule has 6 heteroatoms. The molecule has 0 aliphatic carbocycles. The van der Waals surface area contributed by atoms with Crippen LogP contribution < -0.4 is 5.56 Å². The number of halogens is 1. The Morgan fingerprint density at radius 2 is 1.95 bits per heavy atom. The van der Waals surface area contributed by atoms with Crippen molar-refractivity contribution < 1.29 is 4.79 Å². The molecule has 1 aromatic heterocycles. The molecule has 1 aromatic carbocycles. The van der Waals surface area contributed by atoms with Crippen LogP contribution in [0.5, 0.6) is 0 Å². The Morgan fingerprint density at radius 3 is 2.68 bits per heavy atom. The van der Waals surface area contributed by atoms with Crippen molar-refractivity contribution in [3.63, 3.8) is 0 Å². The van der Waals surface area contributed by atoms with Crippen molar-refractivity contribution in [2.45, 2.75) is 13.0 Å². The molecule has 0 saturated carbocycles. The summed E-state index contributed by atoms with van der Waals surface area (Å²) < 4.78 is 0.937. The summed E-state index contributed by atoms with van der Waals surface area (Å²) in [4.78, 5) is 25.6. The van der Waals surface area contributed by atoms with Crippen LogP contribution >= 0.6 is 15.9 Å². The predicted molar refractivity (Wildman–Crippen MR) is 74.0 cm³/mol. The smallest absolute Gasteiger partial charge is 0.269 e. The quantitative estimate of drug-likeness (QED) is 0.838. The number of nitrogens with zero attached hydrogens (tertiary/aromatic N) is 1. The highest BCUT2D eigenvalue weighted by atomic mass is 79.9. The van der Waals surface area contributed by atoms with E-state index < -0.39 is 0 Å². The Morgan fingerprint density at radius 1 is 1.21 bits per heavy atom. The normalized spacial score (nSPS) is 14.3. The molecule has 1 amide bonds. The number of aromatic amines is 2. The number of hydrogen-bond donors (Lipinski definition) is 2. The van der Waals surface area contributed by atoms with Crippen LogP contribution in [0.15, 0.2) is 33.5 Å². The molecule has 1 aliphatic rings. The van der Waals surface area contributed by atoms with Crippen LogP contribution in [0.1, 0.15) is 21.6 Å². The van der Waals surface area contributed by atoms with E-state index in [1.54, 1.807) is 17.0 Å². The molecule has 0 fully saturated rings. The van der Waals surface area contributed by atoms with Gasteiger partial charge in [-0.2, -0.15) is 0 Å². The third-order valence-electron chi connectivity index (χ3n) is 3.32. The zero-order valence-corrected chi connectivity index (χ0v) is 11.7. The second-order valence-electron chi connectivity index (χ2n) is 4.52. The van der Waals surface area contributed by atoms with Crippen LogP contribution in [0.4, 0.5) is 0 Å². The third-order valence-corrected chi connectivity index (χ3v) is 3.85. The monoisotopic (exact) mass is 321 g/mol. The van der Waals surface area contributed by atoms with Crippen LogP contribution in [0.2, 0.25) is 0 Å². The average Bonchev–Trinajstić information content (AvgIpc) is 2.80. The molecule has 2 heterocycles. The highest BCUT2D eigenvalue weighted by Gasteiger charge is 2.24. The van der Waals surface area contributed by atoms with E-state index in [2.05, 4.69) is 26.1 Å². The summed E-state index contributed by atoms with van der Waals surface area (Å²) in [6.45, 7) is 0.985. The van der Waals surface area contributed by atoms with E-state index in [9.17, 15) is 9.59 Å². The molecule has 0 bridgehead atoms. The Kier molecular flexibility index (Phi) is 3.02. The largest absolute Gasteiger partial charge is 0.334 e. The van der Waals surface area contributed by atoms with Crippen LogP contribution in [0.3, 0.4) is 0 Å². The van der Waals surface area contributed by atoms with Gasteiger partial charge >= 0.3 is 0 Å². The topological polar surface area (TPSA) is 69.0 Å². The van der Waals surface area contributed by atoms with Gasteiger partial charge in [0.15, 0.2) is 0 Å². The van der Waals surface area contributed by atoms with Crippen LogP contribution in [-0.2, 0) is 13.0 Å². The number of fused-ring (bicyclic) bond motifs is 1. The Labute approximate surface area is 117 Å². The maximum absolute atomic E-state index is 12.3. The Balaban J connectivity index is 1.85. The summed E-state index contributed by atoms with van der Waals surface area (Å²) in [7, 11) is 0. The average molecular weight is 322 g/mol. The lowest BCUT2D eigenvalue weighted by Crippen LogP contribution is -2.37. The van der Waals surface area contributed by atoms with Gasteiger partial charge in [0, 0.05) is 28.7 Å². The summed E-state index contributed by atoms with van der Waals surface area (Å²) in [5, 5.41) is 5.41. The maximum atomic E-state index is 12.3. The number of benzene rings is 1. The molecule has 0 saturated heterocycles. The van der Waals surface area contributed by atoms with Gasteiger partial charge in [-0.05, 0) is 24.3 Å². The maximum Gasteiger partial charge on any atom is 0.269 e. The van der Waals surface area contributed by atoms with Gasteiger partial charge in [0.2, 0.25) is 0 Å². The van der Waals surface area contributed by atoms with Crippen molar-refractivity contribution in [1.82, 2.24) is 15.1 Å². The first kappa shape index (κ1) is 12.2. The first-order chi connectivity index (χ1) is 9.15. The first-order valence-electron chi connectivity index (χ1n) is 5.98. The van der Waals surface area contributed by atoms with Crippen molar-refractivity contribution >= 4 is 21.8 Å². The molecule has 0 spiro atoms. The highest BCUT2D eigenvalue weighted by molar-refractivity contribution is 9.10. The van der Waals surface area contributed by atoms with Crippen molar-refractivity contribution in [1.29, 1.82) is 0 Å². The van der Waals surface area contributed by atoms with Crippen LogP contribution in [0.25, 0.3) is 0 Å². The van der Waals surface area contributed by atoms with E-state index >= 15 is 0 Å². The first-order valence-corrected chi connectivity index (χ1v) is 6.77. The number of carbonyl (C=O) groups excluding carboxylic acids is 1. The molecule has 98 valence electrons. The van der Waals surface area contributed by atoms with E-state index in [1.807, 2.05) is 12.1 Å². The minimum Gasteiger partial charge on any atom is -0.334 e. The predicted octanol–water partition coefficient (Wildman–Crippen LogP) is 1.66. The van der Waals surface area contributed by atoms with Gasteiger partial charge in [-0.15, -0.1) is 0 Å². The molecule has 3 rings (SSSR count). The molecule has 2 aromatic rings. The van der Waals surface area contributed by atoms with Gasteiger partial charge in [0.25, 0.3) is 11.5 Å². The van der Waals surface area contributed by atoms with Crippen molar-refractivity contribution in [3.05, 3.63) is 55.9 Å². The summed E-state index contributed by atoms with van der Waals surface area (Å²) in [6, 6.07) is 7.24. The fourth-order valence-electron chi connectivity index (χ4n) is 2.27. The van der Waals surface area contributed by atoms with Crippen LogP contribution in [0, 0.1) is 0 Å². The number of rotatable bonds is 1. The van der Waals surface area contributed by atoms with Gasteiger partial charge in [-0.1, -0.05) is 15.9 Å². The molecule has 0 atom stereocenters. The zero-order chi connectivity index (χ0) is 13.4. The minimum atomic E-state index is -0.136. The number of amides is 1. The van der Waals surface area contributed by atoms with E-state index in [4.69, 9.17) is 0 Å². The van der Waals surface area contributed by atoms with Crippen LogP contribution in [-0.4, -0.2) is 27.5 Å². The second-order valence-corrected chi connectivity index (χ2v) is 5.44. The third kappa shape index (κ3) is 2.23. The van der Waals surface area contributed by atoms with Gasteiger partial charge in [-0.25, -0.2) is 0 Å². The number of nitrogens with one attached hydrogen (secondary N) is 2. The lowest BCUT2D eigenvalue weighted by atomic mass is 10.1. The van der Waals surface area contributed by atoms with E-state index in [0.717, 1.165) is 10.2 Å². The number of H-pyrrole nitrogens is 2. The SMILES string of the molecule is O=C(c1ccc(Br)cc1)N1CCc2[nH][nH]c(=O)c2C1. The molecule has 1 aliphatic heterocycles. The summed E-state index contributed by atoms with van der Waals surface area (Å²) in [5.41, 5.74) is 2.07. The Bertz CT molecular complexity index is 672. The number of carbonyl (C=O) groups is 1. The van der Waals surface area contributed by atoms with Gasteiger partial charge in [-0.3, -0.25) is 14.7 Å². The number of hydrogen-bond acceptors (Lipinski definition) is 2. The van der Waals surface area contributed by atoms with Crippen molar-refractivity contribution in [2.75, 3.05) is 6.54 Å². The summed E-state index contributed by atoms with van der Waals surface area (Å²) in [5.74, 6) is -0.0428. The molecule has 19 heavy (non-hydrogen) atoms. The fraction of sp³-hybridized carbons (Fsp3) is 0.231. The van der Waals surface area contributed by atoms with Gasteiger partial charge in [0.1, 0.15) is 0 Å². The molecular formula is C13H12BrN3O2. The molecule has 5 nitrogen and oxygen atoms in total. The van der Waals surface area contributed by atoms with Gasteiger partial charge in [0.05, 0.1) is 12.1 Å². The molecule has 0 radical (unpaired) electrons. The summed E-state index contributed by atoms with van der Waals surface area (Å²) >= 11 is 3.34. The second kappa shape index (κ2) is 4.70. The lowest BCUT2D eigenvalue weighted by molar-refractivity contribution is 0.0734. The van der Waals surface area contributed by atoms with E-state index in [1.165, 1.54) is 0 Å². The van der Waals surface area contributed by atoms with E-state index in [0.29, 0.717) is 30.6 Å². The van der Waals surface area contributed by atoms with Crippen molar-refractivity contribution in [2.24, 2.45) is 0 Å². The van der Waals surface area contributed by atoms with E-state index in [-0.39, 0.29) is 11.5 Å². The highest BCUT2D eigenvalue weighted by Crippen LogP contribution is 2.17. The molecule has 2 N–H and O–H groups in total. The van der Waals surface area contributed by atoms with Gasteiger partial charge < -0.3 is 10.00 Å². The molecule has 0 unspecified atom stereocenters. The number of aromatic nitrogens is 2. The zero-order valence-electron chi connectivity index (χ0n) is 10.1. The summed E-state index contributed by atoms with van der Waals surface area (Å²) in [6.07, 6.45) is 0.677. The molecular weight excluding hydrogens is 310 g/mol. The fourth-order valence-corrected chi connectivity index (χ4v) is 2.53. The Hall–Kier alpha value is -1.82. The lowest BCUT2D eigenvalue weighted by Gasteiger charge is -2.26. The minimum absolute atomic E-state index is 0.0428. The van der Waals surface area contributed by atoms with Crippen molar-refractivity contribution in [3.8, 4) is 0 Å². The standard InChI is InChI=1S/C13H12BrN3O2/c14-9-3-1-8(2-4-9)13(19)17-6-5-11-10(7-17)12(18)16-15-11/h1-4H,5-7H2,(H2,15,16,18).